The van der Waals surface area contributed by atoms with Gasteiger partial charge in [-0.3, -0.25) is 0 Å². The van der Waals surface area contributed by atoms with Crippen LogP contribution in [-0.2, 0) is 0 Å². The highest BCUT2D eigenvalue weighted by Crippen LogP contribution is 2.32. The van der Waals surface area contributed by atoms with Crippen LogP contribution in [0.4, 0.5) is 22.4 Å². The van der Waals surface area contributed by atoms with Crippen LogP contribution in [0.15, 0.2) is 36.9 Å². The summed E-state index contributed by atoms with van der Waals surface area (Å²) in [6.45, 7) is 3.36. The number of carbonyl (C=O) groups is 1. The van der Waals surface area contributed by atoms with Crippen molar-refractivity contribution in [2.45, 2.75) is 12.2 Å². The zero-order valence-corrected chi connectivity index (χ0v) is 9.80. The van der Waals surface area contributed by atoms with Crippen molar-refractivity contribution in [1.82, 2.24) is 10.6 Å². The van der Waals surface area contributed by atoms with Crippen LogP contribution in [0, 0.1) is 5.82 Å². The van der Waals surface area contributed by atoms with Crippen molar-refractivity contribution in [3.8, 4) is 0 Å². The summed E-state index contributed by atoms with van der Waals surface area (Å²) in [6, 6.07) is 0.571. The summed E-state index contributed by atoms with van der Waals surface area (Å²) in [4.78, 5) is 11.3. The average Bonchev–Trinajstić information content (AvgIpc) is 2.33. The Labute approximate surface area is 107 Å². The summed E-state index contributed by atoms with van der Waals surface area (Å²) in [5.74, 6) is -0.652. The van der Waals surface area contributed by atoms with Crippen molar-refractivity contribution in [1.29, 1.82) is 0 Å². The standard InChI is InChI=1S/C12H12F4N2O/c1-2-7-17-11(19)18-10(12(14,15)16)8-3-5-9(13)6-4-8/h2-6,10H,1,7H2,(H2,17,18,19)/t10-/m1/s1. The molecule has 0 aliphatic rings. The molecule has 1 aromatic rings. The molecular weight excluding hydrogens is 264 g/mol. The number of halogens is 4. The molecule has 19 heavy (non-hydrogen) atoms. The second-order valence-corrected chi connectivity index (χ2v) is 3.67. The molecule has 3 nitrogen and oxygen atoms in total. The molecule has 2 N–H and O–H groups in total. The van der Waals surface area contributed by atoms with E-state index in [-0.39, 0.29) is 12.1 Å². The lowest BCUT2D eigenvalue weighted by Crippen LogP contribution is -2.43. The maximum atomic E-state index is 12.8. The number of nitrogens with one attached hydrogen (secondary N) is 2. The van der Waals surface area contributed by atoms with Crippen molar-refractivity contribution < 1.29 is 22.4 Å². The molecule has 2 amide bonds. The van der Waals surface area contributed by atoms with Crippen LogP contribution in [0.5, 0.6) is 0 Å². The monoisotopic (exact) mass is 276 g/mol. The Morgan fingerprint density at radius 2 is 1.89 bits per heavy atom. The van der Waals surface area contributed by atoms with E-state index in [0.29, 0.717) is 0 Å². The molecule has 104 valence electrons. The van der Waals surface area contributed by atoms with E-state index < -0.39 is 24.1 Å². The lowest BCUT2D eigenvalue weighted by Gasteiger charge is -2.22. The van der Waals surface area contributed by atoms with E-state index in [1.54, 1.807) is 5.32 Å². The minimum Gasteiger partial charge on any atom is -0.335 e. The van der Waals surface area contributed by atoms with Gasteiger partial charge in [0.2, 0.25) is 0 Å². The normalized spacial score (nSPS) is 12.6. The van der Waals surface area contributed by atoms with Gasteiger partial charge in [0.25, 0.3) is 0 Å². The summed E-state index contributed by atoms with van der Waals surface area (Å²) >= 11 is 0. The molecular formula is C12H12F4N2O. The van der Waals surface area contributed by atoms with Gasteiger partial charge in [0.05, 0.1) is 0 Å². The van der Waals surface area contributed by atoms with Gasteiger partial charge < -0.3 is 10.6 Å². The van der Waals surface area contributed by atoms with Crippen molar-refractivity contribution in [2.24, 2.45) is 0 Å². The van der Waals surface area contributed by atoms with Gasteiger partial charge in [0, 0.05) is 6.54 Å². The minimum atomic E-state index is -4.68. The highest BCUT2D eigenvalue weighted by molar-refractivity contribution is 5.74. The first kappa shape index (κ1) is 15.0. The lowest BCUT2D eigenvalue weighted by molar-refractivity contribution is -0.154. The predicted octanol–water partition coefficient (Wildman–Crippen LogP) is 2.91. The molecule has 0 aromatic heterocycles. The first-order chi connectivity index (χ1) is 8.84. The van der Waals surface area contributed by atoms with Crippen LogP contribution in [0.2, 0.25) is 0 Å². The Hall–Kier alpha value is -2.05. The lowest BCUT2D eigenvalue weighted by atomic mass is 10.1. The van der Waals surface area contributed by atoms with Crippen LogP contribution < -0.4 is 10.6 Å². The first-order valence-corrected chi connectivity index (χ1v) is 5.32. The van der Waals surface area contributed by atoms with Gasteiger partial charge in [-0.15, -0.1) is 6.58 Å². The molecule has 0 aliphatic carbocycles. The van der Waals surface area contributed by atoms with Crippen molar-refractivity contribution in [3.05, 3.63) is 48.3 Å². The summed E-state index contributed by atoms with van der Waals surface area (Å²) in [7, 11) is 0. The van der Waals surface area contributed by atoms with Crippen LogP contribution >= 0.6 is 0 Å². The summed E-state index contributed by atoms with van der Waals surface area (Å²) < 4.78 is 51.2. The highest BCUT2D eigenvalue weighted by atomic mass is 19.4. The molecule has 0 fully saturated rings. The maximum absolute atomic E-state index is 12.8. The van der Waals surface area contributed by atoms with Gasteiger partial charge in [0.1, 0.15) is 5.82 Å². The van der Waals surface area contributed by atoms with Gasteiger partial charge in [0.15, 0.2) is 6.04 Å². The fourth-order valence-corrected chi connectivity index (χ4v) is 1.36. The van der Waals surface area contributed by atoms with Gasteiger partial charge in [-0.1, -0.05) is 18.2 Å². The summed E-state index contributed by atoms with van der Waals surface area (Å²) in [6.07, 6.45) is -3.34. The summed E-state index contributed by atoms with van der Waals surface area (Å²) in [5.41, 5.74) is -0.248. The number of alkyl halides is 3. The van der Waals surface area contributed by atoms with Crippen LogP contribution in [0.25, 0.3) is 0 Å². The van der Waals surface area contributed by atoms with E-state index in [2.05, 4.69) is 11.9 Å². The molecule has 1 aromatic carbocycles. The third-order valence-electron chi connectivity index (χ3n) is 2.21. The molecule has 0 radical (unpaired) electrons. The number of urea groups is 1. The Morgan fingerprint density at radius 3 is 2.37 bits per heavy atom. The minimum absolute atomic E-state index is 0.0415. The fraction of sp³-hybridized carbons (Fsp3) is 0.250. The Kier molecular flexibility index (Phi) is 4.91. The van der Waals surface area contributed by atoms with Gasteiger partial charge in [-0.05, 0) is 17.7 Å². The van der Waals surface area contributed by atoms with Crippen molar-refractivity contribution in [2.75, 3.05) is 6.54 Å². The van der Waals surface area contributed by atoms with E-state index in [0.717, 1.165) is 24.3 Å². The Bertz CT molecular complexity index is 442. The third kappa shape index (κ3) is 4.61. The smallest absolute Gasteiger partial charge is 0.335 e. The van der Waals surface area contributed by atoms with E-state index in [9.17, 15) is 22.4 Å². The van der Waals surface area contributed by atoms with E-state index in [1.807, 2.05) is 0 Å². The molecule has 7 heteroatoms. The number of rotatable bonds is 4. The zero-order chi connectivity index (χ0) is 14.5. The molecule has 0 spiro atoms. The van der Waals surface area contributed by atoms with Gasteiger partial charge in [-0.25, -0.2) is 9.18 Å². The molecule has 1 atom stereocenters. The quantitative estimate of drug-likeness (QED) is 0.644. The zero-order valence-electron chi connectivity index (χ0n) is 9.80. The topological polar surface area (TPSA) is 41.1 Å². The van der Waals surface area contributed by atoms with Crippen molar-refractivity contribution >= 4 is 6.03 Å². The van der Waals surface area contributed by atoms with E-state index in [4.69, 9.17) is 0 Å². The van der Waals surface area contributed by atoms with E-state index in [1.165, 1.54) is 6.08 Å². The van der Waals surface area contributed by atoms with Crippen molar-refractivity contribution in [3.63, 3.8) is 0 Å². The van der Waals surface area contributed by atoms with Gasteiger partial charge >= 0.3 is 12.2 Å². The number of amides is 2. The Morgan fingerprint density at radius 1 is 1.32 bits per heavy atom. The van der Waals surface area contributed by atoms with Crippen LogP contribution in [0.1, 0.15) is 11.6 Å². The number of benzene rings is 1. The molecule has 0 saturated carbocycles. The molecule has 0 saturated heterocycles. The maximum Gasteiger partial charge on any atom is 0.412 e. The predicted molar refractivity (Wildman–Crippen MR) is 61.9 cm³/mol. The Balaban J connectivity index is 2.87. The first-order valence-electron chi connectivity index (χ1n) is 5.32. The third-order valence-corrected chi connectivity index (χ3v) is 2.21. The molecule has 0 bridgehead atoms. The number of carbonyl (C=O) groups excluding carboxylic acids is 1. The highest BCUT2D eigenvalue weighted by Gasteiger charge is 2.41. The number of hydrogen-bond donors (Lipinski definition) is 2. The van der Waals surface area contributed by atoms with E-state index >= 15 is 0 Å². The SMILES string of the molecule is C=CCNC(=O)N[C@H](c1ccc(F)cc1)C(F)(F)F. The fourth-order valence-electron chi connectivity index (χ4n) is 1.36. The van der Waals surface area contributed by atoms with Gasteiger partial charge in [-0.2, -0.15) is 13.2 Å². The second-order valence-electron chi connectivity index (χ2n) is 3.67. The van der Waals surface area contributed by atoms with Crippen LogP contribution in [-0.4, -0.2) is 18.8 Å². The summed E-state index contributed by atoms with van der Waals surface area (Å²) in [5, 5.41) is 3.96. The second kappa shape index (κ2) is 6.21. The van der Waals surface area contributed by atoms with Crippen LogP contribution in [0.3, 0.4) is 0 Å². The molecule has 0 unspecified atom stereocenters. The largest absolute Gasteiger partial charge is 0.412 e. The molecule has 0 aliphatic heterocycles. The molecule has 1 rings (SSSR count). The average molecular weight is 276 g/mol. The molecule has 0 heterocycles. The number of hydrogen-bond acceptors (Lipinski definition) is 1.